The Morgan fingerprint density at radius 3 is 1.86 bits per heavy atom. The van der Waals surface area contributed by atoms with Crippen molar-refractivity contribution in [3.63, 3.8) is 0 Å². The van der Waals surface area contributed by atoms with Crippen molar-refractivity contribution in [3.8, 4) is 0 Å². The van der Waals surface area contributed by atoms with Gasteiger partial charge in [-0.05, 0) is 37.6 Å². The minimum absolute atomic E-state index is 0.113. The summed E-state index contributed by atoms with van der Waals surface area (Å²) < 4.78 is 0. The number of anilines is 1. The fourth-order valence-corrected chi connectivity index (χ4v) is 2.33. The van der Waals surface area contributed by atoms with Crippen molar-refractivity contribution in [1.29, 1.82) is 0 Å². The van der Waals surface area contributed by atoms with Gasteiger partial charge in [-0.15, -0.1) is 12.6 Å². The Balaban J connectivity index is 0.000000211. The van der Waals surface area contributed by atoms with E-state index in [-0.39, 0.29) is 11.8 Å². The second-order valence-corrected chi connectivity index (χ2v) is 5.66. The van der Waals surface area contributed by atoms with Crippen LogP contribution in [0.4, 0.5) is 5.69 Å². The lowest BCUT2D eigenvalue weighted by molar-refractivity contribution is -0.129. The highest BCUT2D eigenvalue weighted by atomic mass is 32.1. The molecule has 0 N–H and O–H groups in total. The molecule has 0 aliphatic carbocycles. The Morgan fingerprint density at radius 1 is 0.864 bits per heavy atom. The molecule has 0 unspecified atom stereocenters. The zero-order chi connectivity index (χ0) is 15.9. The lowest BCUT2D eigenvalue weighted by Gasteiger charge is -2.24. The van der Waals surface area contributed by atoms with Gasteiger partial charge in [0.15, 0.2) is 0 Å². The van der Waals surface area contributed by atoms with Gasteiger partial charge in [0, 0.05) is 17.7 Å². The number of thiol groups is 1. The maximum atomic E-state index is 11.6. The van der Waals surface area contributed by atoms with E-state index in [1.165, 1.54) is 10.5 Å². The van der Waals surface area contributed by atoms with E-state index < -0.39 is 0 Å². The molecule has 4 heteroatoms. The molecule has 1 aliphatic heterocycles. The van der Waals surface area contributed by atoms with Crippen LogP contribution < -0.4 is 4.90 Å². The van der Waals surface area contributed by atoms with Crippen molar-refractivity contribution in [1.82, 2.24) is 0 Å². The maximum Gasteiger partial charge on any atom is 0.233 e. The number of amides is 2. The molecular weight excluding hydrogens is 294 g/mol. The number of hydrogen-bond acceptors (Lipinski definition) is 3. The van der Waals surface area contributed by atoms with E-state index in [1.54, 1.807) is 24.3 Å². The summed E-state index contributed by atoms with van der Waals surface area (Å²) in [5.41, 5.74) is 1.96. The lowest BCUT2D eigenvalue weighted by Crippen LogP contribution is -2.40. The molecule has 0 saturated carbocycles. The maximum absolute atomic E-state index is 11.6. The Hall–Kier alpha value is -2.07. The first kappa shape index (κ1) is 16.3. The Labute approximate surface area is 136 Å². The second kappa shape index (κ2) is 7.80. The van der Waals surface area contributed by atoms with Crippen molar-refractivity contribution < 1.29 is 9.59 Å². The highest BCUT2D eigenvalue weighted by Gasteiger charge is 2.26. The Kier molecular flexibility index (Phi) is 5.78. The summed E-state index contributed by atoms with van der Waals surface area (Å²) in [7, 11) is 0. The van der Waals surface area contributed by atoms with Gasteiger partial charge in [0.2, 0.25) is 11.8 Å². The van der Waals surface area contributed by atoms with Crippen molar-refractivity contribution in [2.75, 3.05) is 4.90 Å². The van der Waals surface area contributed by atoms with E-state index in [0.717, 1.165) is 4.90 Å². The summed E-state index contributed by atoms with van der Waals surface area (Å²) in [5, 5.41) is 0. The van der Waals surface area contributed by atoms with Gasteiger partial charge < -0.3 is 0 Å². The number of piperidine rings is 1. The fourth-order valence-electron chi connectivity index (χ4n) is 2.18. The van der Waals surface area contributed by atoms with Crippen LogP contribution in [-0.2, 0) is 9.59 Å². The summed E-state index contributed by atoms with van der Waals surface area (Å²) in [6.07, 6.45) is 1.57. The first-order valence-corrected chi connectivity index (χ1v) is 7.69. The largest absolute Gasteiger partial charge is 0.274 e. The summed E-state index contributed by atoms with van der Waals surface area (Å²) in [5.74, 6) is -0.226. The average Bonchev–Trinajstić information content (AvgIpc) is 2.50. The van der Waals surface area contributed by atoms with Crippen molar-refractivity contribution in [2.24, 2.45) is 0 Å². The molecule has 2 aromatic carbocycles. The SMILES string of the molecule is Cc1ccccc1.O=C1CCCC(=O)N1c1ccc(S)cc1. The minimum Gasteiger partial charge on any atom is -0.274 e. The molecule has 3 nitrogen and oxygen atoms in total. The quantitative estimate of drug-likeness (QED) is 0.638. The summed E-state index contributed by atoms with van der Waals surface area (Å²) in [4.78, 5) is 25.2. The zero-order valence-corrected chi connectivity index (χ0v) is 13.4. The van der Waals surface area contributed by atoms with Gasteiger partial charge in [-0.2, -0.15) is 0 Å². The average molecular weight is 313 g/mol. The number of aryl methyl sites for hydroxylation is 1. The van der Waals surface area contributed by atoms with Gasteiger partial charge in [0.05, 0.1) is 5.69 Å². The minimum atomic E-state index is -0.113. The van der Waals surface area contributed by atoms with Crippen molar-refractivity contribution in [3.05, 3.63) is 60.2 Å². The van der Waals surface area contributed by atoms with Crippen LogP contribution in [0, 0.1) is 6.92 Å². The molecule has 114 valence electrons. The third-order valence-corrected chi connectivity index (χ3v) is 3.63. The second-order valence-electron chi connectivity index (χ2n) is 5.15. The molecule has 1 heterocycles. The molecule has 0 bridgehead atoms. The van der Waals surface area contributed by atoms with Crippen LogP contribution >= 0.6 is 12.6 Å². The fraction of sp³-hybridized carbons (Fsp3) is 0.222. The predicted molar refractivity (Wildman–Crippen MR) is 91.2 cm³/mol. The summed E-state index contributed by atoms with van der Waals surface area (Å²) in [6, 6.07) is 17.3. The third kappa shape index (κ3) is 4.46. The van der Waals surface area contributed by atoms with Crippen molar-refractivity contribution in [2.45, 2.75) is 31.1 Å². The van der Waals surface area contributed by atoms with Gasteiger partial charge in [-0.3, -0.25) is 14.5 Å². The highest BCUT2D eigenvalue weighted by molar-refractivity contribution is 7.80. The first-order chi connectivity index (χ1) is 10.6. The van der Waals surface area contributed by atoms with Gasteiger partial charge >= 0.3 is 0 Å². The number of rotatable bonds is 1. The number of imide groups is 1. The molecule has 0 aromatic heterocycles. The van der Waals surface area contributed by atoms with E-state index in [0.29, 0.717) is 24.9 Å². The van der Waals surface area contributed by atoms with Crippen LogP contribution in [0.15, 0.2) is 59.5 Å². The zero-order valence-electron chi connectivity index (χ0n) is 12.5. The highest BCUT2D eigenvalue weighted by Crippen LogP contribution is 2.22. The number of hydrogen-bond donors (Lipinski definition) is 1. The van der Waals surface area contributed by atoms with Crippen LogP contribution in [0.2, 0.25) is 0 Å². The summed E-state index contributed by atoms with van der Waals surface area (Å²) in [6.45, 7) is 2.08. The normalized spacial score (nSPS) is 14.4. The van der Waals surface area contributed by atoms with Gasteiger partial charge in [0.1, 0.15) is 0 Å². The van der Waals surface area contributed by atoms with E-state index in [9.17, 15) is 9.59 Å². The van der Waals surface area contributed by atoms with E-state index >= 15 is 0 Å². The number of carbonyl (C=O) groups is 2. The molecule has 0 spiro atoms. The van der Waals surface area contributed by atoms with Gasteiger partial charge in [-0.1, -0.05) is 35.9 Å². The third-order valence-electron chi connectivity index (χ3n) is 3.33. The monoisotopic (exact) mass is 313 g/mol. The first-order valence-electron chi connectivity index (χ1n) is 7.24. The standard InChI is InChI=1S/C11H11NO2S.C7H8/c13-10-2-1-3-11(14)12(10)8-4-6-9(15)7-5-8;1-7-5-3-2-4-6-7/h4-7,15H,1-3H2;2-6H,1H3. The Bertz CT molecular complexity index is 622. The molecule has 2 aromatic rings. The van der Waals surface area contributed by atoms with Gasteiger partial charge in [0.25, 0.3) is 0 Å². The molecule has 1 fully saturated rings. The van der Waals surface area contributed by atoms with Crippen LogP contribution in [0.25, 0.3) is 0 Å². The lowest BCUT2D eigenvalue weighted by atomic mass is 10.1. The number of carbonyl (C=O) groups excluding carboxylic acids is 2. The number of nitrogens with zero attached hydrogens (tertiary/aromatic N) is 1. The molecule has 3 rings (SSSR count). The Morgan fingerprint density at radius 2 is 1.41 bits per heavy atom. The molecule has 0 atom stereocenters. The van der Waals surface area contributed by atoms with Crippen LogP contribution in [0.5, 0.6) is 0 Å². The van der Waals surface area contributed by atoms with E-state index in [1.807, 2.05) is 18.2 Å². The molecule has 1 saturated heterocycles. The van der Waals surface area contributed by atoms with E-state index in [4.69, 9.17) is 0 Å². The predicted octanol–water partition coefficient (Wildman–Crippen LogP) is 4.01. The van der Waals surface area contributed by atoms with Crippen LogP contribution in [0.3, 0.4) is 0 Å². The van der Waals surface area contributed by atoms with Gasteiger partial charge in [-0.25, -0.2) is 0 Å². The van der Waals surface area contributed by atoms with Crippen LogP contribution in [0.1, 0.15) is 24.8 Å². The molecule has 1 aliphatic rings. The molecular formula is C18H19NO2S. The molecule has 2 amide bonds. The van der Waals surface area contributed by atoms with E-state index in [2.05, 4.69) is 31.7 Å². The van der Waals surface area contributed by atoms with Crippen molar-refractivity contribution >= 4 is 30.1 Å². The summed E-state index contributed by atoms with van der Waals surface area (Å²) >= 11 is 4.15. The molecule has 22 heavy (non-hydrogen) atoms. The number of benzene rings is 2. The smallest absolute Gasteiger partial charge is 0.233 e. The van der Waals surface area contributed by atoms with Crippen LogP contribution in [-0.4, -0.2) is 11.8 Å². The molecule has 0 radical (unpaired) electrons. The topological polar surface area (TPSA) is 37.4 Å².